The number of rotatable bonds is 2. The van der Waals surface area contributed by atoms with Crippen molar-refractivity contribution in [3.63, 3.8) is 0 Å². The summed E-state index contributed by atoms with van der Waals surface area (Å²) >= 11 is 0. The zero-order chi connectivity index (χ0) is 13.5. The molecule has 0 aromatic heterocycles. The first-order valence-electron chi connectivity index (χ1n) is 6.16. The molecule has 0 bridgehead atoms. The lowest BCUT2D eigenvalue weighted by Crippen LogP contribution is -2.23. The van der Waals surface area contributed by atoms with Crippen LogP contribution in [0.4, 0.5) is 4.39 Å². The van der Waals surface area contributed by atoms with Gasteiger partial charge in [-0.3, -0.25) is 0 Å². The quantitative estimate of drug-likeness (QED) is 0.768. The van der Waals surface area contributed by atoms with E-state index in [0.29, 0.717) is 11.1 Å². The van der Waals surface area contributed by atoms with Crippen molar-refractivity contribution in [1.82, 2.24) is 0 Å². The molecule has 96 valence electrons. The zero-order valence-corrected chi connectivity index (χ0v) is 10.5. The molecule has 0 aliphatic carbocycles. The summed E-state index contributed by atoms with van der Waals surface area (Å²) < 4.78 is 19.8. The summed E-state index contributed by atoms with van der Waals surface area (Å²) in [7, 11) is 0. The van der Waals surface area contributed by atoms with E-state index >= 15 is 0 Å². The normalized spacial score (nSPS) is 21.1. The number of halogens is 1. The Labute approximate surface area is 110 Å². The number of aryl methyl sites for hydroxylation is 1. The molecule has 0 radical (unpaired) electrons. The van der Waals surface area contributed by atoms with Gasteiger partial charge in [-0.15, -0.1) is 0 Å². The second-order valence-electron chi connectivity index (χ2n) is 4.83. The van der Waals surface area contributed by atoms with Crippen LogP contribution in [0.1, 0.15) is 27.0 Å². The average molecular weight is 256 g/mol. The van der Waals surface area contributed by atoms with Crippen LogP contribution in [0.5, 0.6) is 0 Å². The molecule has 0 spiro atoms. The highest BCUT2D eigenvalue weighted by Gasteiger charge is 2.45. The number of esters is 1. The SMILES string of the molecule is Cc1ccc(CC2(F)OC(=O)c3ccccc32)cc1. The van der Waals surface area contributed by atoms with Crippen molar-refractivity contribution in [3.05, 3.63) is 70.8 Å². The average Bonchev–Trinajstić information content (AvgIpc) is 2.65. The molecule has 3 heteroatoms. The summed E-state index contributed by atoms with van der Waals surface area (Å²) in [5, 5.41) is 0. The van der Waals surface area contributed by atoms with E-state index in [1.165, 1.54) is 0 Å². The molecule has 1 unspecified atom stereocenters. The Morgan fingerprint density at radius 3 is 2.53 bits per heavy atom. The van der Waals surface area contributed by atoms with Gasteiger partial charge in [0.2, 0.25) is 0 Å². The van der Waals surface area contributed by atoms with Crippen LogP contribution in [0.15, 0.2) is 48.5 Å². The number of carbonyl (C=O) groups excluding carboxylic acids is 1. The molecular formula is C16H13FO2. The van der Waals surface area contributed by atoms with Crippen molar-refractivity contribution in [2.75, 3.05) is 0 Å². The molecule has 2 aromatic carbocycles. The number of alkyl halides is 1. The van der Waals surface area contributed by atoms with Crippen LogP contribution in [-0.4, -0.2) is 5.97 Å². The molecule has 1 heterocycles. The third kappa shape index (κ3) is 2.01. The Balaban J connectivity index is 1.97. The number of fused-ring (bicyclic) bond motifs is 1. The Kier molecular flexibility index (Phi) is 2.63. The Morgan fingerprint density at radius 1 is 1.11 bits per heavy atom. The first kappa shape index (κ1) is 11.9. The van der Waals surface area contributed by atoms with Crippen molar-refractivity contribution in [1.29, 1.82) is 0 Å². The van der Waals surface area contributed by atoms with Crippen molar-refractivity contribution >= 4 is 5.97 Å². The number of benzene rings is 2. The van der Waals surface area contributed by atoms with E-state index < -0.39 is 11.8 Å². The molecule has 19 heavy (non-hydrogen) atoms. The zero-order valence-electron chi connectivity index (χ0n) is 10.5. The lowest BCUT2D eigenvalue weighted by molar-refractivity contribution is -0.0967. The van der Waals surface area contributed by atoms with Gasteiger partial charge in [-0.05, 0) is 18.6 Å². The second-order valence-corrected chi connectivity index (χ2v) is 4.83. The third-order valence-electron chi connectivity index (χ3n) is 3.36. The van der Waals surface area contributed by atoms with Gasteiger partial charge in [-0.25, -0.2) is 4.79 Å². The highest BCUT2D eigenvalue weighted by Crippen LogP contribution is 2.40. The number of hydrogen-bond donors (Lipinski definition) is 0. The number of ether oxygens (including phenoxy) is 1. The maximum atomic E-state index is 14.9. The molecule has 3 rings (SSSR count). The first-order chi connectivity index (χ1) is 9.08. The van der Waals surface area contributed by atoms with Gasteiger partial charge < -0.3 is 4.74 Å². The van der Waals surface area contributed by atoms with Gasteiger partial charge in [0.15, 0.2) is 0 Å². The van der Waals surface area contributed by atoms with Gasteiger partial charge in [0.25, 0.3) is 5.85 Å². The molecule has 0 saturated carbocycles. The topological polar surface area (TPSA) is 26.3 Å². The number of cyclic esters (lactones) is 1. The van der Waals surface area contributed by atoms with Gasteiger partial charge in [-0.1, -0.05) is 48.0 Å². The fraction of sp³-hybridized carbons (Fsp3) is 0.188. The van der Waals surface area contributed by atoms with Crippen molar-refractivity contribution < 1.29 is 13.9 Å². The van der Waals surface area contributed by atoms with Crippen molar-refractivity contribution in [3.8, 4) is 0 Å². The van der Waals surface area contributed by atoms with E-state index in [2.05, 4.69) is 0 Å². The van der Waals surface area contributed by atoms with Crippen LogP contribution >= 0.6 is 0 Å². The molecule has 0 N–H and O–H groups in total. The van der Waals surface area contributed by atoms with Gasteiger partial charge in [-0.2, -0.15) is 4.39 Å². The van der Waals surface area contributed by atoms with Gasteiger partial charge in [0.1, 0.15) is 0 Å². The molecule has 0 amide bonds. The van der Waals surface area contributed by atoms with Crippen LogP contribution in [0, 0.1) is 6.92 Å². The monoisotopic (exact) mass is 256 g/mol. The molecule has 2 nitrogen and oxygen atoms in total. The van der Waals surface area contributed by atoms with Gasteiger partial charge in [0.05, 0.1) is 5.56 Å². The highest BCUT2D eigenvalue weighted by atomic mass is 19.2. The molecule has 2 aromatic rings. The lowest BCUT2D eigenvalue weighted by atomic mass is 9.97. The number of hydrogen-bond acceptors (Lipinski definition) is 2. The summed E-state index contributed by atoms with van der Waals surface area (Å²) in [4.78, 5) is 11.7. The molecule has 0 saturated heterocycles. The Bertz CT molecular complexity index is 633. The number of carbonyl (C=O) groups is 1. The van der Waals surface area contributed by atoms with E-state index in [0.717, 1.165) is 11.1 Å². The van der Waals surface area contributed by atoms with E-state index in [4.69, 9.17) is 4.74 Å². The minimum Gasteiger partial charge on any atom is -0.420 e. The first-order valence-corrected chi connectivity index (χ1v) is 6.16. The van der Waals surface area contributed by atoms with Crippen LogP contribution in [0.25, 0.3) is 0 Å². The Hall–Kier alpha value is -2.16. The van der Waals surface area contributed by atoms with Crippen LogP contribution in [0.2, 0.25) is 0 Å². The summed E-state index contributed by atoms with van der Waals surface area (Å²) in [5.41, 5.74) is 2.55. The fourth-order valence-corrected chi connectivity index (χ4v) is 2.34. The minimum absolute atomic E-state index is 0.0377. The standard InChI is InChI=1S/C16H13FO2/c1-11-6-8-12(9-7-11)10-16(17)14-5-3-2-4-13(14)15(18)19-16/h2-9H,10H2,1H3. The van der Waals surface area contributed by atoms with Crippen LogP contribution < -0.4 is 0 Å². The molecular weight excluding hydrogens is 243 g/mol. The van der Waals surface area contributed by atoms with Crippen molar-refractivity contribution in [2.24, 2.45) is 0 Å². The lowest BCUT2D eigenvalue weighted by Gasteiger charge is -2.19. The summed E-state index contributed by atoms with van der Waals surface area (Å²) in [5.74, 6) is -2.65. The predicted octanol–water partition coefficient (Wildman–Crippen LogP) is 3.53. The van der Waals surface area contributed by atoms with E-state index in [-0.39, 0.29) is 6.42 Å². The summed E-state index contributed by atoms with van der Waals surface area (Å²) in [6.45, 7) is 1.97. The molecule has 1 aliphatic heterocycles. The summed E-state index contributed by atoms with van der Waals surface area (Å²) in [6, 6.07) is 14.2. The van der Waals surface area contributed by atoms with Crippen molar-refractivity contribution in [2.45, 2.75) is 19.2 Å². The fourth-order valence-electron chi connectivity index (χ4n) is 2.34. The molecule has 1 aliphatic rings. The minimum atomic E-state index is -2.05. The maximum Gasteiger partial charge on any atom is 0.341 e. The van der Waals surface area contributed by atoms with E-state index in [9.17, 15) is 9.18 Å². The third-order valence-corrected chi connectivity index (χ3v) is 3.36. The van der Waals surface area contributed by atoms with Gasteiger partial charge in [0, 0.05) is 12.0 Å². The largest absolute Gasteiger partial charge is 0.420 e. The smallest absolute Gasteiger partial charge is 0.341 e. The second kappa shape index (κ2) is 4.19. The van der Waals surface area contributed by atoms with Crippen LogP contribution in [0.3, 0.4) is 0 Å². The van der Waals surface area contributed by atoms with Crippen LogP contribution in [-0.2, 0) is 17.0 Å². The molecule has 1 atom stereocenters. The van der Waals surface area contributed by atoms with E-state index in [1.54, 1.807) is 24.3 Å². The van der Waals surface area contributed by atoms with Gasteiger partial charge >= 0.3 is 5.97 Å². The van der Waals surface area contributed by atoms with E-state index in [1.807, 2.05) is 31.2 Å². The summed E-state index contributed by atoms with van der Waals surface area (Å²) in [6.07, 6.45) is 0.0377. The predicted molar refractivity (Wildman–Crippen MR) is 69.5 cm³/mol. The highest BCUT2D eigenvalue weighted by molar-refractivity contribution is 5.94. The maximum absolute atomic E-state index is 14.9. The molecule has 0 fully saturated rings. The Morgan fingerprint density at radius 2 is 1.79 bits per heavy atom.